The molecule has 14 heteroatoms. The molecule has 5 aromatic carbocycles. The van der Waals surface area contributed by atoms with Gasteiger partial charge in [0.15, 0.2) is 6.40 Å². The number of nitrogens with one attached hydrogen (secondary N) is 3. The first kappa shape index (κ1) is 46.7. The number of carbonyl (C=O) groups excluding carboxylic acids is 3. The molecule has 2 atom stereocenters. The van der Waals surface area contributed by atoms with Crippen LogP contribution in [0.3, 0.4) is 0 Å². The Labute approximate surface area is 368 Å². The third-order valence-electron chi connectivity index (χ3n) is 10.9. The van der Waals surface area contributed by atoms with E-state index in [0.29, 0.717) is 28.9 Å². The van der Waals surface area contributed by atoms with Gasteiger partial charge in [-0.1, -0.05) is 155 Å². The van der Waals surface area contributed by atoms with E-state index in [1.54, 1.807) is 97.2 Å². The normalized spacial score (nSPS) is 12.5. The molecule has 0 radical (unpaired) electrons. The van der Waals surface area contributed by atoms with E-state index < -0.39 is 76.7 Å². The van der Waals surface area contributed by atoms with Crippen molar-refractivity contribution in [3.05, 3.63) is 173 Å². The predicted octanol–water partition coefficient (Wildman–Crippen LogP) is 10.2. The van der Waals surface area contributed by atoms with E-state index >= 15 is 0 Å². The number of aromatic amines is 1. The molecule has 9 nitrogen and oxygen atoms in total. The van der Waals surface area contributed by atoms with Crippen molar-refractivity contribution in [3.8, 4) is 5.75 Å². The first-order chi connectivity index (χ1) is 31.0. The van der Waals surface area contributed by atoms with Crippen LogP contribution in [-0.4, -0.2) is 47.9 Å². The Balaban J connectivity index is 1.33. The molecule has 0 saturated heterocycles. The lowest BCUT2D eigenvalue weighted by atomic mass is 9.77. The van der Waals surface area contributed by atoms with Gasteiger partial charge < -0.3 is 25.1 Å². The van der Waals surface area contributed by atoms with Crippen LogP contribution in [0.4, 0.5) is 22.0 Å². The highest BCUT2D eigenvalue weighted by Gasteiger charge is 2.40. The molecule has 0 aliphatic carbocycles. The minimum Gasteiger partial charge on any atom is -0.483 e. The molecule has 0 spiro atoms. The minimum atomic E-state index is -2.47. The topological polar surface area (TPSA) is 122 Å². The Morgan fingerprint density at radius 2 is 1.20 bits per heavy atom. The van der Waals surface area contributed by atoms with Crippen LogP contribution in [0.25, 0.3) is 10.9 Å². The van der Waals surface area contributed by atoms with Gasteiger partial charge in [0.1, 0.15) is 17.6 Å². The van der Waals surface area contributed by atoms with Crippen molar-refractivity contribution in [2.75, 3.05) is 6.61 Å². The number of hydrogen-bond acceptors (Lipinski definition) is 6. The van der Waals surface area contributed by atoms with Crippen LogP contribution in [0.2, 0.25) is 0 Å². The lowest BCUT2D eigenvalue weighted by Crippen LogP contribution is -2.53. The van der Waals surface area contributed by atoms with E-state index in [4.69, 9.17) is 9.47 Å². The summed E-state index contributed by atoms with van der Waals surface area (Å²) in [5.41, 5.74) is 1.85. The number of hydrogen-bond donors (Lipinski definition) is 3. The molecule has 0 aliphatic heterocycles. The van der Waals surface area contributed by atoms with E-state index in [-0.39, 0.29) is 6.42 Å². The number of ether oxygens (including phenoxy) is 2. The van der Waals surface area contributed by atoms with Crippen LogP contribution in [0, 0.1) is 29.1 Å². The van der Waals surface area contributed by atoms with Crippen molar-refractivity contribution in [2.24, 2.45) is 4.99 Å². The number of amides is 2. The second-order valence-corrected chi connectivity index (χ2v) is 15.3. The number of aromatic nitrogens is 1. The smallest absolute Gasteiger partial charge is 0.334 e. The lowest BCUT2D eigenvalue weighted by Gasteiger charge is -2.37. The number of benzene rings is 5. The fourth-order valence-corrected chi connectivity index (χ4v) is 7.57. The maximum absolute atomic E-state index is 14.9. The largest absolute Gasteiger partial charge is 0.483 e. The second-order valence-electron chi connectivity index (χ2n) is 15.3. The fraction of sp³-hybridized carbons (Fsp3) is 0.280. The van der Waals surface area contributed by atoms with Crippen LogP contribution in [0.1, 0.15) is 80.5 Å². The highest BCUT2D eigenvalue weighted by atomic mass is 19.2. The third kappa shape index (κ3) is 11.2. The average Bonchev–Trinajstić information content (AvgIpc) is 3.74. The SMILES string of the molecule is CCCCCCCCCOC=N[C@@H](Cc1c[nH]c2ccccc12)C(=O)N[C@H](CC(=O)NC(c1ccccc1)(c1ccccc1)c1ccccc1)C(=O)Oc1c(F)c(F)c(F)c(F)c1F. The summed E-state index contributed by atoms with van der Waals surface area (Å²) in [6.07, 6.45) is 9.19. The summed E-state index contributed by atoms with van der Waals surface area (Å²) in [7, 11) is 0. The molecule has 2 amide bonds. The maximum atomic E-state index is 14.9. The number of rotatable bonds is 22. The Morgan fingerprint density at radius 3 is 1.78 bits per heavy atom. The third-order valence-corrected chi connectivity index (χ3v) is 10.9. The summed E-state index contributed by atoms with van der Waals surface area (Å²) in [5.74, 6) is -17.4. The van der Waals surface area contributed by atoms with Gasteiger partial charge in [-0.25, -0.2) is 23.0 Å². The molecule has 0 unspecified atom stereocenters. The zero-order valence-electron chi connectivity index (χ0n) is 35.2. The lowest BCUT2D eigenvalue weighted by molar-refractivity contribution is -0.142. The zero-order valence-corrected chi connectivity index (χ0v) is 35.2. The van der Waals surface area contributed by atoms with E-state index in [1.165, 1.54) is 6.42 Å². The number of H-pyrrole nitrogens is 1. The first-order valence-electron chi connectivity index (χ1n) is 21.2. The average molecular weight is 881 g/mol. The van der Waals surface area contributed by atoms with E-state index in [9.17, 15) is 36.3 Å². The van der Waals surface area contributed by atoms with Gasteiger partial charge in [0, 0.05) is 23.5 Å². The van der Waals surface area contributed by atoms with Gasteiger partial charge in [0.05, 0.1) is 13.0 Å². The van der Waals surface area contributed by atoms with Crippen LogP contribution >= 0.6 is 0 Å². The number of carbonyl (C=O) groups is 3. The molecule has 3 N–H and O–H groups in total. The van der Waals surface area contributed by atoms with Gasteiger partial charge in [-0.2, -0.15) is 8.78 Å². The Bertz CT molecular complexity index is 2390. The van der Waals surface area contributed by atoms with Crippen LogP contribution < -0.4 is 15.4 Å². The standard InChI is InChI=1S/C50H49F5N4O5/c1-2-3-4-5-6-7-19-28-63-32-57-39(29-33-31-56-38-27-18-17-26-37(33)38)48(61)58-40(49(62)64-47-45(54)43(52)42(51)44(53)46(47)55)30-41(60)59-50(34-20-11-8-12-21-34,35-22-13-9-14-23-35)36-24-15-10-16-25-36/h8-18,20-27,31-32,39-40,56H,2-7,19,28-30H2,1H3,(H,58,61)(H,59,60)/t39-,40+/m0/s1. The van der Waals surface area contributed by atoms with Crippen molar-refractivity contribution < 1.29 is 45.8 Å². The van der Waals surface area contributed by atoms with Crippen LogP contribution in [-0.2, 0) is 31.1 Å². The molecule has 0 saturated carbocycles. The zero-order chi connectivity index (χ0) is 45.5. The van der Waals surface area contributed by atoms with Gasteiger partial charge in [0.25, 0.3) is 0 Å². The molecule has 1 aromatic heterocycles. The van der Waals surface area contributed by atoms with E-state index in [2.05, 4.69) is 27.5 Å². The highest BCUT2D eigenvalue weighted by molar-refractivity contribution is 5.93. The van der Waals surface area contributed by atoms with Crippen molar-refractivity contribution in [1.29, 1.82) is 0 Å². The summed E-state index contributed by atoms with van der Waals surface area (Å²) in [6, 6.07) is 30.8. The molecule has 6 rings (SSSR count). The summed E-state index contributed by atoms with van der Waals surface area (Å²) in [6.45, 7) is 2.47. The summed E-state index contributed by atoms with van der Waals surface area (Å²) < 4.78 is 83.0. The van der Waals surface area contributed by atoms with Crippen molar-refractivity contribution in [2.45, 2.75) is 82.3 Å². The monoisotopic (exact) mass is 880 g/mol. The predicted molar refractivity (Wildman–Crippen MR) is 234 cm³/mol. The minimum absolute atomic E-state index is 0.0438. The Morgan fingerprint density at radius 1 is 0.688 bits per heavy atom. The summed E-state index contributed by atoms with van der Waals surface area (Å²) in [5, 5.41) is 6.26. The van der Waals surface area contributed by atoms with Gasteiger partial charge in [0.2, 0.25) is 46.6 Å². The van der Waals surface area contributed by atoms with Crippen molar-refractivity contribution in [1.82, 2.24) is 15.6 Å². The number of para-hydroxylation sites is 1. The molecular weight excluding hydrogens is 832 g/mol. The highest BCUT2D eigenvalue weighted by Crippen LogP contribution is 2.37. The number of unbranched alkanes of at least 4 members (excludes halogenated alkanes) is 6. The summed E-state index contributed by atoms with van der Waals surface area (Å²) in [4.78, 5) is 50.4. The number of fused-ring (bicyclic) bond motifs is 1. The second kappa shape index (κ2) is 22.5. The van der Waals surface area contributed by atoms with Gasteiger partial charge in [-0.3, -0.25) is 9.59 Å². The van der Waals surface area contributed by atoms with Crippen LogP contribution in [0.15, 0.2) is 126 Å². The number of aliphatic imine (C=N–C) groups is 1. The molecule has 0 bridgehead atoms. The summed E-state index contributed by atoms with van der Waals surface area (Å²) >= 11 is 0. The quantitative estimate of drug-likeness (QED) is 0.00722. The van der Waals surface area contributed by atoms with Gasteiger partial charge in [-0.15, -0.1) is 0 Å². The van der Waals surface area contributed by atoms with E-state index in [1.807, 2.05) is 24.3 Å². The molecule has 334 valence electrons. The van der Waals surface area contributed by atoms with Gasteiger partial charge >= 0.3 is 5.97 Å². The molecule has 0 aliphatic rings. The van der Waals surface area contributed by atoms with Gasteiger partial charge in [-0.05, 0) is 34.7 Å². The fourth-order valence-electron chi connectivity index (χ4n) is 7.57. The molecule has 0 fully saturated rings. The number of nitrogens with zero attached hydrogens (tertiary/aromatic N) is 1. The number of halogens is 5. The molecule has 64 heavy (non-hydrogen) atoms. The van der Waals surface area contributed by atoms with E-state index in [0.717, 1.165) is 55.8 Å². The van der Waals surface area contributed by atoms with Crippen molar-refractivity contribution in [3.63, 3.8) is 0 Å². The number of esters is 1. The first-order valence-corrected chi connectivity index (χ1v) is 21.2. The molecule has 6 aromatic rings. The molecule has 1 heterocycles. The van der Waals surface area contributed by atoms with Crippen LogP contribution in [0.5, 0.6) is 5.75 Å². The Kier molecular flexibility index (Phi) is 16.4. The maximum Gasteiger partial charge on any atom is 0.334 e. The Hall–Kier alpha value is -6.83. The van der Waals surface area contributed by atoms with Crippen molar-refractivity contribution >= 4 is 35.1 Å². The molecular formula is C50H49F5N4O5.